The fourth-order valence-electron chi connectivity index (χ4n) is 2.55. The van der Waals surface area contributed by atoms with Gasteiger partial charge in [0.1, 0.15) is 17.2 Å². The molecule has 0 saturated heterocycles. The van der Waals surface area contributed by atoms with Gasteiger partial charge in [-0.1, -0.05) is 25.1 Å². The Morgan fingerprint density at radius 2 is 1.76 bits per heavy atom. The van der Waals surface area contributed by atoms with Crippen molar-refractivity contribution in [3.8, 4) is 17.2 Å². The summed E-state index contributed by atoms with van der Waals surface area (Å²) in [6.45, 7) is 3.83. The lowest BCUT2D eigenvalue weighted by atomic mass is 10.1. The molecule has 0 aliphatic heterocycles. The predicted molar refractivity (Wildman–Crippen MR) is 97.3 cm³/mol. The Kier molecular flexibility index (Phi) is 6.69. The lowest BCUT2D eigenvalue weighted by Gasteiger charge is -2.22. The Morgan fingerprint density at radius 1 is 1.04 bits per heavy atom. The average molecular weight is 343 g/mol. The van der Waals surface area contributed by atoms with Crippen molar-refractivity contribution in [3.05, 3.63) is 54.1 Å². The molecule has 1 N–H and O–H groups in total. The molecule has 0 bridgehead atoms. The molecular formula is C20H25NO4. The van der Waals surface area contributed by atoms with E-state index >= 15 is 0 Å². The molecule has 2 aromatic rings. The number of hydrogen-bond acceptors (Lipinski definition) is 4. The Hall–Kier alpha value is -2.69. The van der Waals surface area contributed by atoms with Gasteiger partial charge in [-0.15, -0.1) is 0 Å². The molecule has 134 valence electrons. The lowest BCUT2D eigenvalue weighted by molar-refractivity contribution is -0.128. The quantitative estimate of drug-likeness (QED) is 0.793. The van der Waals surface area contributed by atoms with E-state index in [1.807, 2.05) is 62.4 Å². The molecule has 0 fully saturated rings. The zero-order chi connectivity index (χ0) is 18.2. The average Bonchev–Trinajstić information content (AvgIpc) is 2.66. The van der Waals surface area contributed by atoms with Crippen LogP contribution < -0.4 is 19.5 Å². The van der Waals surface area contributed by atoms with Crippen LogP contribution in [0.4, 0.5) is 0 Å². The van der Waals surface area contributed by atoms with Gasteiger partial charge in [-0.2, -0.15) is 0 Å². The van der Waals surface area contributed by atoms with Crippen molar-refractivity contribution in [1.82, 2.24) is 5.32 Å². The van der Waals surface area contributed by atoms with Gasteiger partial charge in [0.25, 0.3) is 5.91 Å². The van der Waals surface area contributed by atoms with Crippen LogP contribution >= 0.6 is 0 Å². The van der Waals surface area contributed by atoms with E-state index in [2.05, 4.69) is 5.32 Å². The molecule has 0 aromatic heterocycles. The molecule has 0 radical (unpaired) electrons. The summed E-state index contributed by atoms with van der Waals surface area (Å²) in [7, 11) is 3.21. The number of benzene rings is 2. The molecule has 0 spiro atoms. The molecule has 5 nitrogen and oxygen atoms in total. The zero-order valence-corrected chi connectivity index (χ0v) is 15.1. The number of methoxy groups -OCH3 is 2. The molecule has 0 aliphatic rings. The largest absolute Gasteiger partial charge is 0.497 e. The molecule has 2 atom stereocenters. The van der Waals surface area contributed by atoms with Gasteiger partial charge in [0.15, 0.2) is 6.10 Å². The Bertz CT molecular complexity index is 687. The van der Waals surface area contributed by atoms with Crippen LogP contribution in [-0.2, 0) is 4.79 Å². The first kappa shape index (κ1) is 18.6. The topological polar surface area (TPSA) is 56.8 Å². The molecule has 0 heterocycles. The third-order valence-corrected chi connectivity index (χ3v) is 3.95. The van der Waals surface area contributed by atoms with E-state index in [0.29, 0.717) is 23.7 Å². The minimum Gasteiger partial charge on any atom is -0.497 e. The van der Waals surface area contributed by atoms with Crippen molar-refractivity contribution in [3.63, 3.8) is 0 Å². The first-order valence-corrected chi connectivity index (χ1v) is 8.33. The predicted octanol–water partition coefficient (Wildman–Crippen LogP) is 3.74. The molecule has 25 heavy (non-hydrogen) atoms. The van der Waals surface area contributed by atoms with Gasteiger partial charge in [-0.3, -0.25) is 4.79 Å². The third kappa shape index (κ3) is 4.89. The first-order chi connectivity index (χ1) is 12.1. The van der Waals surface area contributed by atoms with Gasteiger partial charge in [-0.25, -0.2) is 0 Å². The van der Waals surface area contributed by atoms with Crippen molar-refractivity contribution in [2.45, 2.75) is 32.4 Å². The SMILES string of the molecule is CC[C@H](Oc1ccccc1)C(=O)N[C@H](C)c1cc(OC)ccc1OC. The summed E-state index contributed by atoms with van der Waals surface area (Å²) in [6.07, 6.45) is 0.0179. The number of rotatable bonds is 8. The van der Waals surface area contributed by atoms with Crippen LogP contribution in [0.3, 0.4) is 0 Å². The van der Waals surface area contributed by atoms with Crippen LogP contribution in [0, 0.1) is 0 Å². The number of nitrogens with one attached hydrogen (secondary N) is 1. The second kappa shape index (κ2) is 8.97. The number of amides is 1. The monoisotopic (exact) mass is 343 g/mol. The van der Waals surface area contributed by atoms with Crippen molar-refractivity contribution < 1.29 is 19.0 Å². The molecule has 1 amide bonds. The van der Waals surface area contributed by atoms with Gasteiger partial charge in [-0.05, 0) is 43.7 Å². The maximum absolute atomic E-state index is 12.6. The highest BCUT2D eigenvalue weighted by atomic mass is 16.5. The van der Waals surface area contributed by atoms with Gasteiger partial charge < -0.3 is 19.5 Å². The number of para-hydroxylation sites is 1. The van der Waals surface area contributed by atoms with Crippen LogP contribution in [0.15, 0.2) is 48.5 Å². The molecule has 5 heteroatoms. The van der Waals surface area contributed by atoms with Crippen LogP contribution in [-0.4, -0.2) is 26.2 Å². The van der Waals surface area contributed by atoms with Gasteiger partial charge in [0.2, 0.25) is 0 Å². The molecule has 2 aromatic carbocycles. The highest BCUT2D eigenvalue weighted by Crippen LogP contribution is 2.29. The number of carbonyl (C=O) groups excluding carboxylic acids is 1. The highest BCUT2D eigenvalue weighted by Gasteiger charge is 2.22. The van der Waals surface area contributed by atoms with E-state index in [0.717, 1.165) is 5.56 Å². The standard InChI is InChI=1S/C20H25NO4/c1-5-18(25-15-9-7-6-8-10-15)20(22)21-14(2)17-13-16(23-3)11-12-19(17)24-4/h6-14,18H,5H2,1-4H3,(H,21,22)/t14-,18+/m1/s1. The maximum atomic E-state index is 12.6. The van der Waals surface area contributed by atoms with E-state index in [1.165, 1.54) is 0 Å². The summed E-state index contributed by atoms with van der Waals surface area (Å²) >= 11 is 0. The van der Waals surface area contributed by atoms with Crippen molar-refractivity contribution in [2.24, 2.45) is 0 Å². The number of hydrogen-bond donors (Lipinski definition) is 1. The second-order valence-corrected chi connectivity index (χ2v) is 5.67. The van der Waals surface area contributed by atoms with Gasteiger partial charge >= 0.3 is 0 Å². The second-order valence-electron chi connectivity index (χ2n) is 5.67. The summed E-state index contributed by atoms with van der Waals surface area (Å²) in [5.41, 5.74) is 0.852. The highest BCUT2D eigenvalue weighted by molar-refractivity contribution is 5.81. The number of carbonyl (C=O) groups is 1. The maximum Gasteiger partial charge on any atom is 0.261 e. The van der Waals surface area contributed by atoms with E-state index in [4.69, 9.17) is 14.2 Å². The Labute approximate surface area is 148 Å². The first-order valence-electron chi connectivity index (χ1n) is 8.33. The Morgan fingerprint density at radius 3 is 2.36 bits per heavy atom. The molecule has 0 aliphatic carbocycles. The van der Waals surface area contributed by atoms with Crippen molar-refractivity contribution in [2.75, 3.05) is 14.2 Å². The molecule has 0 unspecified atom stereocenters. The summed E-state index contributed by atoms with van der Waals surface area (Å²) in [4.78, 5) is 12.6. The smallest absolute Gasteiger partial charge is 0.261 e. The molecule has 0 saturated carbocycles. The molecular weight excluding hydrogens is 318 g/mol. The lowest BCUT2D eigenvalue weighted by Crippen LogP contribution is -2.39. The Balaban J connectivity index is 2.10. The summed E-state index contributed by atoms with van der Waals surface area (Å²) < 4.78 is 16.5. The van der Waals surface area contributed by atoms with Crippen LogP contribution in [0.25, 0.3) is 0 Å². The zero-order valence-electron chi connectivity index (χ0n) is 15.1. The van der Waals surface area contributed by atoms with E-state index in [-0.39, 0.29) is 11.9 Å². The summed E-state index contributed by atoms with van der Waals surface area (Å²) in [5.74, 6) is 1.93. The summed E-state index contributed by atoms with van der Waals surface area (Å²) in [5, 5.41) is 2.99. The van der Waals surface area contributed by atoms with E-state index in [9.17, 15) is 4.79 Å². The third-order valence-electron chi connectivity index (χ3n) is 3.95. The van der Waals surface area contributed by atoms with Gasteiger partial charge in [0, 0.05) is 5.56 Å². The van der Waals surface area contributed by atoms with Crippen molar-refractivity contribution in [1.29, 1.82) is 0 Å². The normalized spacial score (nSPS) is 12.8. The van der Waals surface area contributed by atoms with Crippen molar-refractivity contribution >= 4 is 5.91 Å². The van der Waals surface area contributed by atoms with Crippen LogP contribution in [0.1, 0.15) is 31.9 Å². The molecule has 2 rings (SSSR count). The van der Waals surface area contributed by atoms with E-state index < -0.39 is 6.10 Å². The summed E-state index contributed by atoms with van der Waals surface area (Å²) in [6, 6.07) is 14.6. The van der Waals surface area contributed by atoms with Crippen LogP contribution in [0.2, 0.25) is 0 Å². The van der Waals surface area contributed by atoms with Crippen LogP contribution in [0.5, 0.6) is 17.2 Å². The fourth-order valence-corrected chi connectivity index (χ4v) is 2.55. The van der Waals surface area contributed by atoms with Gasteiger partial charge in [0.05, 0.1) is 20.3 Å². The van der Waals surface area contributed by atoms with E-state index in [1.54, 1.807) is 14.2 Å². The fraction of sp³-hybridized carbons (Fsp3) is 0.350. The minimum atomic E-state index is -0.554. The number of ether oxygens (including phenoxy) is 3. The minimum absolute atomic E-state index is 0.163.